The van der Waals surface area contributed by atoms with Gasteiger partial charge >= 0.3 is 0 Å². The lowest BCUT2D eigenvalue weighted by Crippen LogP contribution is -2.30. The monoisotopic (exact) mass is 533 g/mol. The minimum absolute atomic E-state index is 0.111. The number of nitrogens with zero attached hydrogens (tertiary/aromatic N) is 4. The number of sulfonamides is 1. The molecule has 12 heteroatoms. The van der Waals surface area contributed by atoms with Crippen molar-refractivity contribution in [3.8, 4) is 22.9 Å². The van der Waals surface area contributed by atoms with Crippen LogP contribution in [0.3, 0.4) is 0 Å². The molecule has 1 heterocycles. The van der Waals surface area contributed by atoms with Crippen molar-refractivity contribution in [2.45, 2.75) is 37.4 Å². The Bertz CT molecular complexity index is 1290. The average Bonchev–Trinajstić information content (AvgIpc) is 3.31. The van der Waals surface area contributed by atoms with E-state index in [4.69, 9.17) is 9.47 Å². The lowest BCUT2D eigenvalue weighted by Gasteiger charge is -2.18. The van der Waals surface area contributed by atoms with Gasteiger partial charge in [0.05, 0.1) is 30.6 Å². The van der Waals surface area contributed by atoms with E-state index in [-0.39, 0.29) is 16.6 Å². The Balaban J connectivity index is 1.74. The maximum atomic E-state index is 12.8. The quantitative estimate of drug-likeness (QED) is 0.350. The smallest absolute Gasteiger partial charge is 0.243 e. The summed E-state index contributed by atoms with van der Waals surface area (Å²) in [6.45, 7) is 6.97. The van der Waals surface area contributed by atoms with Gasteiger partial charge in [0.15, 0.2) is 11.0 Å². The summed E-state index contributed by atoms with van der Waals surface area (Å²) >= 11 is 1.26. The Morgan fingerprint density at radius 2 is 1.72 bits per heavy atom. The van der Waals surface area contributed by atoms with Crippen molar-refractivity contribution in [3.05, 3.63) is 42.5 Å². The highest BCUT2D eigenvalue weighted by molar-refractivity contribution is 7.99. The van der Waals surface area contributed by atoms with Gasteiger partial charge in [-0.25, -0.2) is 8.42 Å². The number of nitrogens with one attached hydrogen (secondary N) is 1. The topological polar surface area (TPSA) is 116 Å². The maximum absolute atomic E-state index is 12.8. The van der Waals surface area contributed by atoms with Crippen molar-refractivity contribution in [1.82, 2.24) is 19.1 Å². The first-order chi connectivity index (χ1) is 17.3. The molecule has 0 saturated heterocycles. The second-order valence-electron chi connectivity index (χ2n) is 7.57. The highest BCUT2D eigenvalue weighted by atomic mass is 32.2. The van der Waals surface area contributed by atoms with Crippen LogP contribution in [0.15, 0.2) is 52.5 Å². The first-order valence-electron chi connectivity index (χ1n) is 11.5. The summed E-state index contributed by atoms with van der Waals surface area (Å²) in [6.07, 6.45) is 0. The molecule has 3 rings (SSSR count). The standard InChI is InChI=1S/C24H31N5O5S2/c1-6-28(7-2)36(31,32)19-12-9-17(10-13-19)23-26-27-24(29(23)8-3)35-16-22(30)25-20-15-18(33-4)11-14-21(20)34-5/h9-15H,6-8,16H2,1-5H3,(H,25,30). The first kappa shape index (κ1) is 27.5. The van der Waals surface area contributed by atoms with E-state index in [1.807, 2.05) is 25.3 Å². The zero-order valence-corrected chi connectivity index (χ0v) is 22.6. The molecule has 194 valence electrons. The number of amides is 1. The van der Waals surface area contributed by atoms with Gasteiger partial charge in [-0.15, -0.1) is 10.2 Å². The Kier molecular flexibility index (Phi) is 9.35. The molecule has 0 spiro atoms. The molecule has 0 aliphatic heterocycles. The normalized spacial score (nSPS) is 11.5. The van der Waals surface area contributed by atoms with Crippen molar-refractivity contribution in [2.75, 3.05) is 38.4 Å². The highest BCUT2D eigenvalue weighted by Crippen LogP contribution is 2.30. The van der Waals surface area contributed by atoms with Crippen LogP contribution in [-0.4, -0.2) is 66.5 Å². The summed E-state index contributed by atoms with van der Waals surface area (Å²) in [6, 6.07) is 11.8. The van der Waals surface area contributed by atoms with Gasteiger partial charge in [-0.1, -0.05) is 25.6 Å². The Hall–Kier alpha value is -3.09. The predicted molar refractivity (Wildman–Crippen MR) is 140 cm³/mol. The van der Waals surface area contributed by atoms with E-state index in [1.165, 1.54) is 23.2 Å². The number of benzene rings is 2. The molecule has 3 aromatic rings. The number of hydrogen-bond acceptors (Lipinski definition) is 8. The summed E-state index contributed by atoms with van der Waals surface area (Å²) in [5.41, 5.74) is 1.25. The minimum Gasteiger partial charge on any atom is -0.497 e. The van der Waals surface area contributed by atoms with Crippen molar-refractivity contribution < 1.29 is 22.7 Å². The number of methoxy groups -OCH3 is 2. The van der Waals surface area contributed by atoms with Gasteiger partial charge in [0.1, 0.15) is 11.5 Å². The van der Waals surface area contributed by atoms with E-state index >= 15 is 0 Å². The van der Waals surface area contributed by atoms with Crippen LogP contribution in [0, 0.1) is 0 Å². The van der Waals surface area contributed by atoms with E-state index in [2.05, 4.69) is 15.5 Å². The Morgan fingerprint density at radius 1 is 1.03 bits per heavy atom. The van der Waals surface area contributed by atoms with Gasteiger partial charge in [-0.05, 0) is 43.3 Å². The number of carbonyl (C=O) groups is 1. The second kappa shape index (κ2) is 12.2. The number of thioether (sulfide) groups is 1. The van der Waals surface area contributed by atoms with Crippen molar-refractivity contribution >= 4 is 33.4 Å². The molecule has 2 aromatic carbocycles. The molecule has 1 aromatic heterocycles. The largest absolute Gasteiger partial charge is 0.497 e. The summed E-state index contributed by atoms with van der Waals surface area (Å²) in [4.78, 5) is 12.9. The van der Waals surface area contributed by atoms with Gasteiger partial charge in [-0.2, -0.15) is 4.31 Å². The molecule has 0 atom stereocenters. The fraction of sp³-hybridized carbons (Fsp3) is 0.375. The van der Waals surface area contributed by atoms with E-state index in [1.54, 1.807) is 49.6 Å². The fourth-order valence-electron chi connectivity index (χ4n) is 3.61. The predicted octanol–water partition coefficient (Wildman–Crippen LogP) is 3.74. The van der Waals surface area contributed by atoms with Crippen molar-refractivity contribution in [1.29, 1.82) is 0 Å². The number of ether oxygens (including phenoxy) is 2. The number of aromatic nitrogens is 3. The molecule has 0 aliphatic carbocycles. The summed E-state index contributed by atoms with van der Waals surface area (Å²) in [5, 5.41) is 12.0. The highest BCUT2D eigenvalue weighted by Gasteiger charge is 2.22. The zero-order valence-electron chi connectivity index (χ0n) is 21.0. The molecule has 1 amide bonds. The van der Waals surface area contributed by atoms with Crippen LogP contribution >= 0.6 is 11.8 Å². The van der Waals surface area contributed by atoms with Gasteiger partial charge in [-0.3, -0.25) is 4.79 Å². The third kappa shape index (κ3) is 6.00. The molecule has 0 unspecified atom stereocenters. The van der Waals surface area contributed by atoms with E-state index in [9.17, 15) is 13.2 Å². The van der Waals surface area contributed by atoms with Crippen molar-refractivity contribution in [2.24, 2.45) is 0 Å². The SMILES string of the molecule is CCN(CC)S(=O)(=O)c1ccc(-c2nnc(SCC(=O)Nc3cc(OC)ccc3OC)n2CC)cc1. The summed E-state index contributed by atoms with van der Waals surface area (Å²) < 4.78 is 39.4. The van der Waals surface area contributed by atoms with Gasteiger partial charge in [0, 0.05) is 31.3 Å². The van der Waals surface area contributed by atoms with Crippen LogP contribution in [0.2, 0.25) is 0 Å². The molecule has 10 nitrogen and oxygen atoms in total. The molecule has 36 heavy (non-hydrogen) atoms. The van der Waals surface area contributed by atoms with Crippen LogP contribution < -0.4 is 14.8 Å². The van der Waals surface area contributed by atoms with E-state index < -0.39 is 10.0 Å². The minimum atomic E-state index is -3.54. The van der Waals surface area contributed by atoms with Gasteiger partial charge < -0.3 is 19.4 Å². The Labute approximate surface area is 216 Å². The third-order valence-corrected chi connectivity index (χ3v) is 8.53. The lowest BCUT2D eigenvalue weighted by atomic mass is 10.2. The average molecular weight is 534 g/mol. The second-order valence-corrected chi connectivity index (χ2v) is 10.4. The van der Waals surface area contributed by atoms with E-state index in [0.29, 0.717) is 47.8 Å². The number of anilines is 1. The van der Waals surface area contributed by atoms with Crippen LogP contribution in [0.4, 0.5) is 5.69 Å². The van der Waals surface area contributed by atoms with Crippen LogP contribution in [0.1, 0.15) is 20.8 Å². The van der Waals surface area contributed by atoms with E-state index in [0.717, 1.165) is 5.56 Å². The molecule has 0 aliphatic rings. The third-order valence-electron chi connectivity index (χ3n) is 5.50. The van der Waals surface area contributed by atoms with Gasteiger partial charge in [0.2, 0.25) is 15.9 Å². The number of rotatable bonds is 12. The fourth-order valence-corrected chi connectivity index (χ4v) is 5.87. The lowest BCUT2D eigenvalue weighted by molar-refractivity contribution is -0.113. The molecule has 0 saturated carbocycles. The van der Waals surface area contributed by atoms with Crippen molar-refractivity contribution in [3.63, 3.8) is 0 Å². The van der Waals surface area contributed by atoms with Crippen LogP contribution in [0.5, 0.6) is 11.5 Å². The molecule has 0 bridgehead atoms. The summed E-state index contributed by atoms with van der Waals surface area (Å²) in [5.74, 6) is 1.61. The van der Waals surface area contributed by atoms with Crippen LogP contribution in [-0.2, 0) is 21.4 Å². The maximum Gasteiger partial charge on any atom is 0.243 e. The molecular formula is C24H31N5O5S2. The number of carbonyl (C=O) groups excluding carboxylic acids is 1. The van der Waals surface area contributed by atoms with Crippen LogP contribution in [0.25, 0.3) is 11.4 Å². The summed E-state index contributed by atoms with van der Waals surface area (Å²) in [7, 11) is -0.457. The molecule has 1 N–H and O–H groups in total. The van der Waals surface area contributed by atoms with Gasteiger partial charge in [0.25, 0.3) is 0 Å². The molecule has 0 fully saturated rings. The Morgan fingerprint density at radius 3 is 2.31 bits per heavy atom. The first-order valence-corrected chi connectivity index (χ1v) is 13.9. The molecule has 0 radical (unpaired) electrons. The zero-order chi connectivity index (χ0) is 26.3. The number of hydrogen-bond donors (Lipinski definition) is 1. The molecular weight excluding hydrogens is 502 g/mol.